The first kappa shape index (κ1) is 20.4. The van der Waals surface area contributed by atoms with Crippen LogP contribution in [-0.2, 0) is 9.53 Å². The van der Waals surface area contributed by atoms with Crippen molar-refractivity contribution >= 4 is 27.7 Å². The number of hydrogen-bond acceptors (Lipinski definition) is 5. The summed E-state index contributed by atoms with van der Waals surface area (Å²) in [7, 11) is 0. The third-order valence-electron chi connectivity index (χ3n) is 5.49. The number of carbonyl (C=O) groups excluding carboxylic acids is 2. The van der Waals surface area contributed by atoms with E-state index in [-0.39, 0.29) is 11.8 Å². The molecule has 0 spiro atoms. The van der Waals surface area contributed by atoms with E-state index in [0.717, 1.165) is 58.5 Å². The van der Waals surface area contributed by atoms with E-state index in [1.54, 1.807) is 19.1 Å². The van der Waals surface area contributed by atoms with Gasteiger partial charge in [0.05, 0.1) is 0 Å². The number of rotatable bonds is 6. The van der Waals surface area contributed by atoms with Gasteiger partial charge in [-0.1, -0.05) is 0 Å². The second-order valence-electron chi connectivity index (χ2n) is 7.18. The fraction of sp³-hybridized carbons (Fsp3) is 0.684. The van der Waals surface area contributed by atoms with Crippen molar-refractivity contribution in [1.82, 2.24) is 15.1 Å². The van der Waals surface area contributed by atoms with Gasteiger partial charge < -0.3 is 19.4 Å². The minimum atomic E-state index is -0.195. The van der Waals surface area contributed by atoms with Gasteiger partial charge in [-0.3, -0.25) is 14.5 Å². The Bertz CT molecular complexity index is 637. The standard InChI is InChI=1S/C19H28BrN3O4/c1-14(24)22-9-4-15(5-10-22)23(16-6-12-26-13-7-16)11-8-21-19(25)17-2-3-18(20)27-17/h2-3,15-16H,4-13H2,1H3,(H,21,25). The Kier molecular flexibility index (Phi) is 7.32. The molecule has 1 aromatic rings. The predicted molar refractivity (Wildman–Crippen MR) is 105 cm³/mol. The normalized spacial score (nSPS) is 19.4. The quantitative estimate of drug-likeness (QED) is 0.732. The molecular formula is C19H28BrN3O4. The van der Waals surface area contributed by atoms with E-state index >= 15 is 0 Å². The maximum atomic E-state index is 12.2. The third-order valence-corrected chi connectivity index (χ3v) is 5.92. The van der Waals surface area contributed by atoms with E-state index in [1.165, 1.54) is 0 Å². The van der Waals surface area contributed by atoms with Gasteiger partial charge in [-0.05, 0) is 53.7 Å². The number of amides is 2. The van der Waals surface area contributed by atoms with Gasteiger partial charge in [-0.2, -0.15) is 0 Å². The molecule has 8 heteroatoms. The highest BCUT2D eigenvalue weighted by atomic mass is 79.9. The average molecular weight is 442 g/mol. The van der Waals surface area contributed by atoms with Crippen molar-refractivity contribution in [3.8, 4) is 0 Å². The molecule has 0 aromatic carbocycles. The van der Waals surface area contributed by atoms with Crippen molar-refractivity contribution in [1.29, 1.82) is 0 Å². The van der Waals surface area contributed by atoms with Crippen LogP contribution in [0.2, 0.25) is 0 Å². The number of piperidine rings is 1. The molecule has 0 saturated carbocycles. The maximum Gasteiger partial charge on any atom is 0.287 e. The van der Waals surface area contributed by atoms with Gasteiger partial charge in [0.25, 0.3) is 5.91 Å². The van der Waals surface area contributed by atoms with Crippen LogP contribution in [0.1, 0.15) is 43.2 Å². The zero-order chi connectivity index (χ0) is 19.2. The van der Waals surface area contributed by atoms with Gasteiger partial charge in [0.15, 0.2) is 10.4 Å². The highest BCUT2D eigenvalue weighted by Gasteiger charge is 2.31. The zero-order valence-corrected chi connectivity index (χ0v) is 17.4. The van der Waals surface area contributed by atoms with E-state index in [4.69, 9.17) is 9.15 Å². The second-order valence-corrected chi connectivity index (χ2v) is 7.96. The van der Waals surface area contributed by atoms with Crippen molar-refractivity contribution in [2.45, 2.75) is 44.7 Å². The maximum absolute atomic E-state index is 12.2. The predicted octanol–water partition coefficient (Wildman–Crippen LogP) is 2.26. The Labute approximate surface area is 168 Å². The fourth-order valence-corrected chi connectivity index (χ4v) is 4.32. The summed E-state index contributed by atoms with van der Waals surface area (Å²) in [6, 6.07) is 4.29. The summed E-state index contributed by atoms with van der Waals surface area (Å²) in [5.41, 5.74) is 0. The molecule has 2 aliphatic heterocycles. The highest BCUT2D eigenvalue weighted by molar-refractivity contribution is 9.10. The molecule has 1 N–H and O–H groups in total. The first-order chi connectivity index (χ1) is 13.0. The first-order valence-electron chi connectivity index (χ1n) is 9.67. The molecule has 0 aliphatic carbocycles. The van der Waals surface area contributed by atoms with Crippen molar-refractivity contribution in [3.63, 3.8) is 0 Å². The van der Waals surface area contributed by atoms with E-state index < -0.39 is 0 Å². The summed E-state index contributed by atoms with van der Waals surface area (Å²) in [6.45, 7) is 6.21. The van der Waals surface area contributed by atoms with E-state index in [1.807, 2.05) is 4.90 Å². The molecule has 2 aliphatic rings. The van der Waals surface area contributed by atoms with Crippen LogP contribution in [0.15, 0.2) is 21.2 Å². The lowest BCUT2D eigenvalue weighted by molar-refractivity contribution is -0.130. The lowest BCUT2D eigenvalue weighted by Crippen LogP contribution is -2.53. The molecule has 2 amide bonds. The molecule has 2 saturated heterocycles. The molecule has 0 radical (unpaired) electrons. The average Bonchev–Trinajstić information content (AvgIpc) is 3.12. The smallest absolute Gasteiger partial charge is 0.287 e. The molecule has 0 bridgehead atoms. The number of nitrogens with one attached hydrogen (secondary N) is 1. The van der Waals surface area contributed by atoms with E-state index in [2.05, 4.69) is 26.1 Å². The topological polar surface area (TPSA) is 75.0 Å². The summed E-state index contributed by atoms with van der Waals surface area (Å²) < 4.78 is 11.4. The zero-order valence-electron chi connectivity index (χ0n) is 15.8. The number of nitrogens with zero attached hydrogens (tertiary/aromatic N) is 2. The molecule has 0 unspecified atom stereocenters. The molecule has 3 rings (SSSR count). The lowest BCUT2D eigenvalue weighted by Gasteiger charge is -2.43. The molecular weight excluding hydrogens is 414 g/mol. The van der Waals surface area contributed by atoms with Gasteiger partial charge in [-0.15, -0.1) is 0 Å². The molecule has 27 heavy (non-hydrogen) atoms. The molecule has 7 nitrogen and oxygen atoms in total. The monoisotopic (exact) mass is 441 g/mol. The fourth-order valence-electron chi connectivity index (χ4n) is 4.01. The van der Waals surface area contributed by atoms with Gasteiger partial charge in [-0.25, -0.2) is 0 Å². The second kappa shape index (κ2) is 9.71. The summed E-state index contributed by atoms with van der Waals surface area (Å²) in [4.78, 5) is 28.3. The number of halogens is 1. The van der Waals surface area contributed by atoms with Crippen LogP contribution in [0.4, 0.5) is 0 Å². The van der Waals surface area contributed by atoms with Crippen molar-refractivity contribution in [2.75, 3.05) is 39.4 Å². The summed E-state index contributed by atoms with van der Waals surface area (Å²) in [5, 5.41) is 2.96. The molecule has 3 heterocycles. The van der Waals surface area contributed by atoms with Crippen LogP contribution in [0.3, 0.4) is 0 Å². The Morgan fingerprint density at radius 1 is 1.19 bits per heavy atom. The SMILES string of the molecule is CC(=O)N1CCC(N(CCNC(=O)c2ccc(Br)o2)C2CCOCC2)CC1. The van der Waals surface area contributed by atoms with Crippen LogP contribution >= 0.6 is 15.9 Å². The van der Waals surface area contributed by atoms with E-state index in [0.29, 0.717) is 29.1 Å². The van der Waals surface area contributed by atoms with Crippen molar-refractivity contribution in [2.24, 2.45) is 0 Å². The Morgan fingerprint density at radius 3 is 2.44 bits per heavy atom. The number of ether oxygens (including phenoxy) is 1. The molecule has 2 fully saturated rings. The Balaban J connectivity index is 1.55. The Hall–Kier alpha value is -1.38. The number of carbonyl (C=O) groups is 2. The minimum Gasteiger partial charge on any atom is -0.444 e. The van der Waals surface area contributed by atoms with Crippen molar-refractivity contribution in [3.05, 3.63) is 22.6 Å². The third kappa shape index (κ3) is 5.56. The number of hydrogen-bond donors (Lipinski definition) is 1. The largest absolute Gasteiger partial charge is 0.444 e. The summed E-state index contributed by atoms with van der Waals surface area (Å²) in [6.07, 6.45) is 4.00. The van der Waals surface area contributed by atoms with Gasteiger partial charge >= 0.3 is 0 Å². The molecule has 0 atom stereocenters. The van der Waals surface area contributed by atoms with Gasteiger partial charge in [0.1, 0.15) is 0 Å². The first-order valence-corrected chi connectivity index (χ1v) is 10.5. The van der Waals surface area contributed by atoms with Crippen LogP contribution in [-0.4, -0.2) is 73.1 Å². The van der Waals surface area contributed by atoms with Crippen molar-refractivity contribution < 1.29 is 18.7 Å². The van der Waals surface area contributed by atoms with Gasteiger partial charge in [0, 0.05) is 58.4 Å². The van der Waals surface area contributed by atoms with Crippen LogP contribution in [0.5, 0.6) is 0 Å². The lowest BCUT2D eigenvalue weighted by atomic mass is 9.98. The highest BCUT2D eigenvalue weighted by Crippen LogP contribution is 2.23. The molecule has 150 valence electrons. The summed E-state index contributed by atoms with van der Waals surface area (Å²) >= 11 is 3.22. The minimum absolute atomic E-state index is 0.155. The summed E-state index contributed by atoms with van der Waals surface area (Å²) in [5.74, 6) is 0.274. The van der Waals surface area contributed by atoms with Crippen LogP contribution in [0.25, 0.3) is 0 Å². The number of likely N-dealkylation sites (tertiary alicyclic amines) is 1. The van der Waals surface area contributed by atoms with E-state index in [9.17, 15) is 9.59 Å². The van der Waals surface area contributed by atoms with Gasteiger partial charge in [0.2, 0.25) is 5.91 Å². The van der Waals surface area contributed by atoms with Crippen LogP contribution in [0, 0.1) is 0 Å². The van der Waals surface area contributed by atoms with Crippen LogP contribution < -0.4 is 5.32 Å². The molecule has 1 aromatic heterocycles. The Morgan fingerprint density at radius 2 is 1.85 bits per heavy atom. The number of furan rings is 1.